The Kier molecular flexibility index (Phi) is 4.34. The SMILES string of the molecule is CC1CN(C)CCC1NCc1cc(Br)cc2c1OCC2. The van der Waals surface area contributed by atoms with Crippen LogP contribution in [0.5, 0.6) is 5.75 Å². The van der Waals surface area contributed by atoms with E-state index >= 15 is 0 Å². The van der Waals surface area contributed by atoms with Gasteiger partial charge in [0.15, 0.2) is 0 Å². The van der Waals surface area contributed by atoms with Gasteiger partial charge in [-0.2, -0.15) is 0 Å². The van der Waals surface area contributed by atoms with E-state index in [1.165, 1.54) is 30.6 Å². The lowest BCUT2D eigenvalue weighted by Crippen LogP contribution is -2.46. The molecule has 2 atom stereocenters. The van der Waals surface area contributed by atoms with Crippen molar-refractivity contribution in [3.8, 4) is 5.75 Å². The highest BCUT2D eigenvalue weighted by atomic mass is 79.9. The molecule has 2 aliphatic rings. The van der Waals surface area contributed by atoms with E-state index in [2.05, 4.69) is 52.3 Å². The van der Waals surface area contributed by atoms with Gasteiger partial charge in [-0.1, -0.05) is 22.9 Å². The molecule has 3 rings (SSSR count). The van der Waals surface area contributed by atoms with Crippen molar-refractivity contribution in [2.45, 2.75) is 32.4 Å². The zero-order chi connectivity index (χ0) is 14.1. The summed E-state index contributed by atoms with van der Waals surface area (Å²) in [5, 5.41) is 3.74. The van der Waals surface area contributed by atoms with Crippen molar-refractivity contribution >= 4 is 15.9 Å². The van der Waals surface area contributed by atoms with Gasteiger partial charge in [0, 0.05) is 35.6 Å². The molecule has 3 nitrogen and oxygen atoms in total. The van der Waals surface area contributed by atoms with E-state index < -0.39 is 0 Å². The van der Waals surface area contributed by atoms with Gasteiger partial charge in [0.05, 0.1) is 6.61 Å². The van der Waals surface area contributed by atoms with Crippen LogP contribution in [0.3, 0.4) is 0 Å². The number of hydrogen-bond donors (Lipinski definition) is 1. The second kappa shape index (κ2) is 6.04. The molecule has 0 spiro atoms. The molecule has 110 valence electrons. The molecule has 0 aromatic heterocycles. The summed E-state index contributed by atoms with van der Waals surface area (Å²) in [7, 11) is 2.21. The van der Waals surface area contributed by atoms with Crippen molar-refractivity contribution in [2.24, 2.45) is 5.92 Å². The predicted octanol–water partition coefficient (Wildman–Crippen LogP) is 2.81. The fourth-order valence-corrected chi connectivity index (χ4v) is 3.93. The molecule has 0 aliphatic carbocycles. The molecule has 1 saturated heterocycles. The van der Waals surface area contributed by atoms with Crippen LogP contribution in [-0.2, 0) is 13.0 Å². The molecule has 0 radical (unpaired) electrons. The van der Waals surface area contributed by atoms with Crippen molar-refractivity contribution in [3.05, 3.63) is 27.7 Å². The van der Waals surface area contributed by atoms with Crippen LogP contribution in [0.4, 0.5) is 0 Å². The topological polar surface area (TPSA) is 24.5 Å². The molecule has 1 fully saturated rings. The average Bonchev–Trinajstić information content (AvgIpc) is 2.85. The van der Waals surface area contributed by atoms with Crippen molar-refractivity contribution in [1.82, 2.24) is 10.2 Å². The lowest BCUT2D eigenvalue weighted by atomic mass is 9.94. The molecule has 1 aromatic carbocycles. The number of nitrogens with zero attached hydrogens (tertiary/aromatic N) is 1. The molecule has 2 aliphatic heterocycles. The predicted molar refractivity (Wildman–Crippen MR) is 85.2 cm³/mol. The van der Waals surface area contributed by atoms with Crippen molar-refractivity contribution in [2.75, 3.05) is 26.7 Å². The summed E-state index contributed by atoms with van der Waals surface area (Å²) in [6.07, 6.45) is 2.26. The highest BCUT2D eigenvalue weighted by Gasteiger charge is 2.24. The summed E-state index contributed by atoms with van der Waals surface area (Å²) in [5.74, 6) is 1.82. The monoisotopic (exact) mass is 338 g/mol. The first-order chi connectivity index (χ1) is 9.63. The molecule has 0 amide bonds. The fourth-order valence-electron chi connectivity index (χ4n) is 3.38. The van der Waals surface area contributed by atoms with Crippen LogP contribution in [0.25, 0.3) is 0 Å². The number of rotatable bonds is 3. The van der Waals surface area contributed by atoms with Crippen LogP contribution < -0.4 is 10.1 Å². The van der Waals surface area contributed by atoms with Gasteiger partial charge in [-0.15, -0.1) is 0 Å². The first-order valence-corrected chi connectivity index (χ1v) is 8.29. The Hall–Kier alpha value is -0.580. The summed E-state index contributed by atoms with van der Waals surface area (Å²) >= 11 is 3.61. The minimum Gasteiger partial charge on any atom is -0.493 e. The Labute approximate surface area is 129 Å². The molecule has 1 N–H and O–H groups in total. The first-order valence-electron chi connectivity index (χ1n) is 7.49. The van der Waals surface area contributed by atoms with Crippen molar-refractivity contribution in [1.29, 1.82) is 0 Å². The summed E-state index contributed by atoms with van der Waals surface area (Å²) in [5.41, 5.74) is 2.63. The standard InChI is InChI=1S/C16H23BrN2O/c1-11-10-19(2)5-3-15(11)18-9-13-8-14(17)7-12-4-6-20-16(12)13/h7-8,11,15,18H,3-6,9-10H2,1-2H3. The smallest absolute Gasteiger partial charge is 0.127 e. The van der Waals surface area contributed by atoms with Crippen molar-refractivity contribution < 1.29 is 4.74 Å². The maximum atomic E-state index is 5.80. The number of hydrogen-bond acceptors (Lipinski definition) is 3. The second-order valence-electron chi connectivity index (χ2n) is 6.17. The summed E-state index contributed by atoms with van der Waals surface area (Å²) in [6, 6.07) is 4.99. The average molecular weight is 339 g/mol. The Bertz CT molecular complexity index is 492. The maximum absolute atomic E-state index is 5.80. The van der Waals surface area contributed by atoms with Crippen LogP contribution >= 0.6 is 15.9 Å². The molecule has 20 heavy (non-hydrogen) atoms. The Morgan fingerprint density at radius 2 is 2.30 bits per heavy atom. The molecule has 1 aromatic rings. The fraction of sp³-hybridized carbons (Fsp3) is 0.625. The summed E-state index contributed by atoms with van der Waals surface area (Å²) in [6.45, 7) is 6.44. The highest BCUT2D eigenvalue weighted by Crippen LogP contribution is 2.33. The minimum atomic E-state index is 0.613. The Morgan fingerprint density at radius 1 is 1.45 bits per heavy atom. The zero-order valence-corrected chi connectivity index (χ0v) is 13.9. The summed E-state index contributed by atoms with van der Waals surface area (Å²) < 4.78 is 6.96. The molecule has 4 heteroatoms. The third-order valence-corrected chi connectivity index (χ3v) is 4.95. The largest absolute Gasteiger partial charge is 0.493 e. The van der Waals surface area contributed by atoms with E-state index in [0.717, 1.165) is 29.8 Å². The van der Waals surface area contributed by atoms with Crippen LogP contribution in [0.15, 0.2) is 16.6 Å². The van der Waals surface area contributed by atoms with Gasteiger partial charge < -0.3 is 15.0 Å². The van der Waals surface area contributed by atoms with E-state index in [1.54, 1.807) is 0 Å². The van der Waals surface area contributed by atoms with Gasteiger partial charge in [0.1, 0.15) is 5.75 Å². The highest BCUT2D eigenvalue weighted by molar-refractivity contribution is 9.10. The number of halogens is 1. The normalized spacial score (nSPS) is 26.4. The number of piperidine rings is 1. The molecular formula is C16H23BrN2O. The van der Waals surface area contributed by atoms with Gasteiger partial charge in [-0.25, -0.2) is 0 Å². The minimum absolute atomic E-state index is 0.613. The van der Waals surface area contributed by atoms with Gasteiger partial charge in [-0.05, 0) is 43.6 Å². The van der Waals surface area contributed by atoms with Crippen LogP contribution in [0, 0.1) is 5.92 Å². The first kappa shape index (κ1) is 14.4. The number of nitrogens with one attached hydrogen (secondary N) is 1. The quantitative estimate of drug-likeness (QED) is 0.917. The van der Waals surface area contributed by atoms with Crippen LogP contribution in [0.1, 0.15) is 24.5 Å². The molecule has 2 unspecified atom stereocenters. The van der Waals surface area contributed by atoms with E-state index in [-0.39, 0.29) is 0 Å². The zero-order valence-electron chi connectivity index (χ0n) is 12.3. The van der Waals surface area contributed by atoms with Gasteiger partial charge >= 0.3 is 0 Å². The van der Waals surface area contributed by atoms with Crippen molar-refractivity contribution in [3.63, 3.8) is 0 Å². The number of ether oxygens (including phenoxy) is 1. The maximum Gasteiger partial charge on any atom is 0.127 e. The number of benzene rings is 1. The van der Waals surface area contributed by atoms with E-state index in [9.17, 15) is 0 Å². The van der Waals surface area contributed by atoms with E-state index in [4.69, 9.17) is 4.74 Å². The number of likely N-dealkylation sites (tertiary alicyclic amines) is 1. The third-order valence-electron chi connectivity index (χ3n) is 4.49. The lowest BCUT2D eigenvalue weighted by Gasteiger charge is -2.35. The van der Waals surface area contributed by atoms with Gasteiger partial charge in [-0.3, -0.25) is 0 Å². The molecule has 0 saturated carbocycles. The van der Waals surface area contributed by atoms with Gasteiger partial charge in [0.25, 0.3) is 0 Å². The second-order valence-corrected chi connectivity index (χ2v) is 7.08. The Morgan fingerprint density at radius 3 is 3.10 bits per heavy atom. The van der Waals surface area contributed by atoms with Gasteiger partial charge in [0.2, 0.25) is 0 Å². The molecule has 0 bridgehead atoms. The third kappa shape index (κ3) is 3.02. The Balaban J connectivity index is 1.67. The molecular weight excluding hydrogens is 316 g/mol. The number of fused-ring (bicyclic) bond motifs is 1. The van der Waals surface area contributed by atoms with E-state index in [1.807, 2.05) is 0 Å². The van der Waals surface area contributed by atoms with Crippen LogP contribution in [0.2, 0.25) is 0 Å². The van der Waals surface area contributed by atoms with Crippen LogP contribution in [-0.4, -0.2) is 37.7 Å². The lowest BCUT2D eigenvalue weighted by molar-refractivity contribution is 0.174. The molecule has 2 heterocycles. The van der Waals surface area contributed by atoms with E-state index in [0.29, 0.717) is 12.0 Å². The summed E-state index contributed by atoms with van der Waals surface area (Å²) in [4.78, 5) is 2.42.